The standard InChI is InChI=1S/C29H32N6O4S/c1-19-25(18-40-29-32-33-34-35(29)2)38-27(39-26(19)22-10-8-21(17-36)9-11-22)23-12-14-24(15-13-23)31-28(37)30-16-20-6-4-3-5-7-20/h3-15,19,25-27,36H,16-18H2,1-2H3,(H2,30,31,37). The van der Waals surface area contributed by atoms with Crippen LogP contribution in [-0.2, 0) is 29.7 Å². The lowest BCUT2D eigenvalue weighted by atomic mass is 9.91. The monoisotopic (exact) mass is 560 g/mol. The number of aromatic nitrogens is 4. The lowest BCUT2D eigenvalue weighted by Gasteiger charge is -2.41. The number of nitrogens with zero attached hydrogens (tertiary/aromatic N) is 4. The Morgan fingerprint density at radius 1 is 0.975 bits per heavy atom. The molecule has 1 saturated heterocycles. The molecule has 2 heterocycles. The summed E-state index contributed by atoms with van der Waals surface area (Å²) in [6, 6.07) is 24.7. The van der Waals surface area contributed by atoms with Gasteiger partial charge in [0, 0.05) is 36.5 Å². The van der Waals surface area contributed by atoms with Crippen LogP contribution in [0.1, 0.15) is 41.6 Å². The number of carbonyl (C=O) groups excluding carboxylic acids is 1. The number of carbonyl (C=O) groups is 1. The molecule has 0 aliphatic carbocycles. The molecular formula is C29H32N6O4S. The molecule has 0 bridgehead atoms. The summed E-state index contributed by atoms with van der Waals surface area (Å²) in [5.41, 5.74) is 4.39. The predicted octanol–water partition coefficient (Wildman–Crippen LogP) is 4.61. The van der Waals surface area contributed by atoms with Crippen molar-refractivity contribution in [1.29, 1.82) is 0 Å². The molecule has 208 valence electrons. The van der Waals surface area contributed by atoms with Crippen molar-refractivity contribution in [3.63, 3.8) is 0 Å². The maximum absolute atomic E-state index is 12.4. The number of nitrogens with one attached hydrogen (secondary N) is 2. The van der Waals surface area contributed by atoms with Gasteiger partial charge in [0.1, 0.15) is 0 Å². The van der Waals surface area contributed by atoms with Crippen LogP contribution in [-0.4, -0.2) is 43.2 Å². The maximum atomic E-state index is 12.4. The van der Waals surface area contributed by atoms with Gasteiger partial charge in [-0.15, -0.1) is 5.10 Å². The summed E-state index contributed by atoms with van der Waals surface area (Å²) in [4.78, 5) is 12.4. The number of aliphatic hydroxyl groups is 1. The van der Waals surface area contributed by atoms with Crippen LogP contribution in [0, 0.1) is 5.92 Å². The van der Waals surface area contributed by atoms with Crippen LogP contribution in [0.15, 0.2) is 84.0 Å². The molecule has 3 N–H and O–H groups in total. The fourth-order valence-electron chi connectivity index (χ4n) is 4.49. The van der Waals surface area contributed by atoms with E-state index in [0.717, 1.165) is 22.3 Å². The molecule has 4 aromatic rings. The van der Waals surface area contributed by atoms with E-state index in [2.05, 4.69) is 33.1 Å². The minimum Gasteiger partial charge on any atom is -0.392 e. The van der Waals surface area contributed by atoms with Crippen molar-refractivity contribution in [3.05, 3.63) is 101 Å². The molecular weight excluding hydrogens is 528 g/mol. The first kappa shape index (κ1) is 27.8. The Labute approximate surface area is 237 Å². The van der Waals surface area contributed by atoms with Crippen molar-refractivity contribution in [2.45, 2.75) is 43.7 Å². The average molecular weight is 561 g/mol. The van der Waals surface area contributed by atoms with Gasteiger partial charge in [-0.2, -0.15) is 0 Å². The minimum absolute atomic E-state index is 0.0112. The molecule has 40 heavy (non-hydrogen) atoms. The second-order valence-electron chi connectivity index (χ2n) is 9.63. The van der Waals surface area contributed by atoms with Gasteiger partial charge in [0.2, 0.25) is 5.16 Å². The third kappa shape index (κ3) is 6.86. The number of tetrazole rings is 1. The van der Waals surface area contributed by atoms with Gasteiger partial charge in [0.15, 0.2) is 6.29 Å². The van der Waals surface area contributed by atoms with Crippen LogP contribution < -0.4 is 10.6 Å². The van der Waals surface area contributed by atoms with Gasteiger partial charge in [0.05, 0.1) is 18.8 Å². The number of thioether (sulfide) groups is 1. The summed E-state index contributed by atoms with van der Waals surface area (Å²) in [6.07, 6.45) is -0.983. The second kappa shape index (κ2) is 13.1. The van der Waals surface area contributed by atoms with Crippen molar-refractivity contribution in [1.82, 2.24) is 25.5 Å². The normalized spacial score (nSPS) is 20.7. The number of aliphatic hydroxyl groups excluding tert-OH is 1. The number of anilines is 1. The molecule has 4 unspecified atom stereocenters. The maximum Gasteiger partial charge on any atom is 0.319 e. The van der Waals surface area contributed by atoms with E-state index in [0.29, 0.717) is 23.1 Å². The first-order valence-corrected chi connectivity index (χ1v) is 14.0. The third-order valence-electron chi connectivity index (χ3n) is 6.82. The van der Waals surface area contributed by atoms with E-state index in [4.69, 9.17) is 9.47 Å². The highest BCUT2D eigenvalue weighted by Crippen LogP contribution is 2.43. The van der Waals surface area contributed by atoms with E-state index in [1.165, 1.54) is 11.8 Å². The lowest BCUT2D eigenvalue weighted by Crippen LogP contribution is -2.38. The zero-order chi connectivity index (χ0) is 27.9. The van der Waals surface area contributed by atoms with Crippen LogP contribution in [0.25, 0.3) is 0 Å². The number of rotatable bonds is 9. The second-order valence-corrected chi connectivity index (χ2v) is 10.6. The molecule has 10 nitrogen and oxygen atoms in total. The van der Waals surface area contributed by atoms with E-state index in [1.807, 2.05) is 85.9 Å². The average Bonchev–Trinajstić information content (AvgIpc) is 3.41. The van der Waals surface area contributed by atoms with Gasteiger partial charge in [-0.3, -0.25) is 0 Å². The molecule has 0 spiro atoms. The number of hydrogen-bond donors (Lipinski definition) is 3. The van der Waals surface area contributed by atoms with E-state index < -0.39 is 6.29 Å². The number of aryl methyl sites for hydroxylation is 1. The topological polar surface area (TPSA) is 123 Å². The zero-order valence-corrected chi connectivity index (χ0v) is 23.1. The number of benzene rings is 3. The SMILES string of the molecule is CC1C(CSc2nnnn2C)OC(c2ccc(NC(=O)NCc3ccccc3)cc2)OC1c1ccc(CO)cc1. The molecule has 11 heteroatoms. The Morgan fingerprint density at radius 3 is 2.38 bits per heavy atom. The smallest absolute Gasteiger partial charge is 0.319 e. The van der Waals surface area contributed by atoms with Crippen molar-refractivity contribution >= 4 is 23.5 Å². The molecule has 3 aromatic carbocycles. The van der Waals surface area contributed by atoms with Crippen molar-refractivity contribution < 1.29 is 19.4 Å². The highest BCUT2D eigenvalue weighted by Gasteiger charge is 2.38. The summed E-state index contributed by atoms with van der Waals surface area (Å²) >= 11 is 1.54. The molecule has 0 radical (unpaired) electrons. The quantitative estimate of drug-likeness (QED) is 0.254. The highest BCUT2D eigenvalue weighted by molar-refractivity contribution is 7.99. The van der Waals surface area contributed by atoms with Crippen molar-refractivity contribution in [2.75, 3.05) is 11.1 Å². The van der Waals surface area contributed by atoms with Gasteiger partial charge in [-0.05, 0) is 39.2 Å². The van der Waals surface area contributed by atoms with Crippen LogP contribution in [0.5, 0.6) is 0 Å². The molecule has 4 atom stereocenters. The third-order valence-corrected chi connectivity index (χ3v) is 7.92. The summed E-state index contributed by atoms with van der Waals surface area (Å²) in [7, 11) is 1.81. The van der Waals surface area contributed by atoms with Gasteiger partial charge >= 0.3 is 6.03 Å². The first-order chi connectivity index (χ1) is 19.5. The molecule has 0 saturated carbocycles. The van der Waals surface area contributed by atoms with E-state index in [1.54, 1.807) is 4.68 Å². The first-order valence-electron chi connectivity index (χ1n) is 13.0. The molecule has 1 aromatic heterocycles. The number of ether oxygens (including phenoxy) is 2. The van der Waals surface area contributed by atoms with E-state index in [9.17, 15) is 9.90 Å². The van der Waals surface area contributed by atoms with Crippen LogP contribution in [0.2, 0.25) is 0 Å². The Bertz CT molecular complexity index is 1380. The lowest BCUT2D eigenvalue weighted by molar-refractivity contribution is -0.268. The predicted molar refractivity (Wildman–Crippen MR) is 151 cm³/mol. The highest BCUT2D eigenvalue weighted by atomic mass is 32.2. The van der Waals surface area contributed by atoms with Gasteiger partial charge in [0.25, 0.3) is 0 Å². The summed E-state index contributed by atoms with van der Waals surface area (Å²) < 4.78 is 14.6. The van der Waals surface area contributed by atoms with Gasteiger partial charge in [-0.1, -0.05) is 85.4 Å². The zero-order valence-electron chi connectivity index (χ0n) is 22.3. The summed E-state index contributed by atoms with van der Waals surface area (Å²) in [5, 5.41) is 27.6. The molecule has 5 rings (SSSR count). The summed E-state index contributed by atoms with van der Waals surface area (Å²) in [6.45, 7) is 2.54. The Kier molecular flexibility index (Phi) is 9.07. The van der Waals surface area contributed by atoms with Crippen LogP contribution >= 0.6 is 11.8 Å². The summed E-state index contributed by atoms with van der Waals surface area (Å²) in [5.74, 6) is 0.681. The fourth-order valence-corrected chi connectivity index (χ4v) is 5.50. The van der Waals surface area contributed by atoms with Gasteiger partial charge < -0.3 is 25.2 Å². The fraction of sp³-hybridized carbons (Fsp3) is 0.310. The van der Waals surface area contributed by atoms with E-state index >= 15 is 0 Å². The molecule has 2 amide bonds. The number of amides is 2. The van der Waals surface area contributed by atoms with Crippen molar-refractivity contribution in [2.24, 2.45) is 13.0 Å². The largest absolute Gasteiger partial charge is 0.392 e. The molecule has 1 aliphatic rings. The number of hydrogen-bond acceptors (Lipinski definition) is 8. The Hall–Kier alpha value is -3.77. The van der Waals surface area contributed by atoms with Crippen LogP contribution in [0.4, 0.5) is 10.5 Å². The molecule has 1 fully saturated rings. The van der Waals surface area contributed by atoms with Crippen molar-refractivity contribution in [3.8, 4) is 0 Å². The number of urea groups is 1. The van der Waals surface area contributed by atoms with E-state index in [-0.39, 0.29) is 30.8 Å². The Balaban J connectivity index is 1.28. The minimum atomic E-state index is -0.608. The molecule has 1 aliphatic heterocycles. The van der Waals surface area contributed by atoms with Crippen LogP contribution in [0.3, 0.4) is 0 Å². The van der Waals surface area contributed by atoms with Gasteiger partial charge in [-0.25, -0.2) is 9.48 Å². The Morgan fingerprint density at radius 2 is 1.70 bits per heavy atom.